The average Bonchev–Trinajstić information content (AvgIpc) is 3.00. The lowest BCUT2D eigenvalue weighted by Crippen LogP contribution is -2.64. The largest absolute Gasteiger partial charge is 0.477 e. The number of quaternary nitrogens is 1. The molecule has 0 radical (unpaired) electrons. The molecule has 0 aromatic rings. The average molecular weight is 356 g/mol. The van der Waals surface area contributed by atoms with Crippen molar-refractivity contribution in [3.8, 4) is 0 Å². The highest BCUT2D eigenvalue weighted by atomic mass is 16.4. The number of hydrogen-bond acceptors (Lipinski definition) is 3. The predicted octanol–water partition coefficient (Wildman–Crippen LogP) is 4.34. The van der Waals surface area contributed by atoms with E-state index in [1.54, 1.807) is 13.8 Å². The molecule has 0 saturated heterocycles. The summed E-state index contributed by atoms with van der Waals surface area (Å²) < 4.78 is 0.118. The number of aliphatic hydroxyl groups excluding tert-OH is 1. The molecule has 0 aromatic heterocycles. The van der Waals surface area contributed by atoms with E-state index in [9.17, 15) is 15.0 Å². The Labute approximate surface area is 153 Å². The van der Waals surface area contributed by atoms with Crippen molar-refractivity contribution >= 4 is 11.8 Å². The number of aliphatic hydroxyl groups is 1. The third kappa shape index (κ3) is 6.37. The molecule has 0 aromatic carbocycles. The lowest BCUT2D eigenvalue weighted by Gasteiger charge is -2.40. The monoisotopic (exact) mass is 355 g/mol. The molecule has 1 heterocycles. The van der Waals surface area contributed by atoms with E-state index < -0.39 is 18.2 Å². The van der Waals surface area contributed by atoms with E-state index in [0.29, 0.717) is 13.1 Å². The fourth-order valence-corrected chi connectivity index (χ4v) is 4.00. The van der Waals surface area contributed by atoms with Crippen molar-refractivity contribution in [2.75, 3.05) is 13.1 Å². The first-order valence-corrected chi connectivity index (χ1v) is 10.3. The van der Waals surface area contributed by atoms with Crippen LogP contribution < -0.4 is 0 Å². The molecule has 25 heavy (non-hydrogen) atoms. The number of carboxylic acids is 1. The summed E-state index contributed by atoms with van der Waals surface area (Å²) in [4.78, 5) is 16.1. The molecule has 0 fully saturated rings. The van der Waals surface area contributed by atoms with E-state index >= 15 is 0 Å². The van der Waals surface area contributed by atoms with Gasteiger partial charge in [-0.05, 0) is 13.3 Å². The van der Waals surface area contributed by atoms with Crippen molar-refractivity contribution < 1.29 is 19.5 Å². The molecular weight excluding hydrogens is 316 g/mol. The van der Waals surface area contributed by atoms with Crippen LogP contribution >= 0.6 is 0 Å². The minimum absolute atomic E-state index is 0.118. The third-order valence-corrected chi connectivity index (χ3v) is 5.71. The highest BCUT2D eigenvalue weighted by Gasteiger charge is 2.49. The molecule has 0 spiro atoms. The van der Waals surface area contributed by atoms with E-state index in [2.05, 4.69) is 11.9 Å². The summed E-state index contributed by atoms with van der Waals surface area (Å²) in [6.07, 6.45) is 12.9. The molecule has 0 aliphatic carbocycles. The summed E-state index contributed by atoms with van der Waals surface area (Å²) in [6.45, 7) is 6.85. The first kappa shape index (κ1) is 22.1. The quantitative estimate of drug-likeness (QED) is 0.360. The van der Waals surface area contributed by atoms with Gasteiger partial charge in [-0.15, -0.1) is 0 Å². The maximum Gasteiger partial charge on any atom is 0.362 e. The molecule has 3 atom stereocenters. The number of unbranched alkanes of at least 4 members (excludes halogenated alkanes) is 9. The number of hydrogen-bond donors (Lipinski definition) is 2. The van der Waals surface area contributed by atoms with Crippen LogP contribution in [0.5, 0.6) is 0 Å². The summed E-state index contributed by atoms with van der Waals surface area (Å²) in [6, 6.07) is -0.649. The van der Waals surface area contributed by atoms with Crippen molar-refractivity contribution in [1.82, 2.24) is 0 Å². The molecule has 3 unspecified atom stereocenters. The van der Waals surface area contributed by atoms with Gasteiger partial charge in [0.05, 0.1) is 6.54 Å². The van der Waals surface area contributed by atoms with Crippen LogP contribution in [0.2, 0.25) is 0 Å². The zero-order valence-electron chi connectivity index (χ0n) is 16.5. The number of carbonyl (C=O) groups is 1. The molecule has 1 aliphatic rings. The molecule has 1 rings (SSSR count). The Balaban J connectivity index is 2.30. The van der Waals surface area contributed by atoms with Gasteiger partial charge in [0.1, 0.15) is 6.54 Å². The number of aliphatic imine (C=N–C) groups is 1. The smallest absolute Gasteiger partial charge is 0.362 e. The highest BCUT2D eigenvalue weighted by Crippen LogP contribution is 2.27. The number of nitrogens with zero attached hydrogens (tertiary/aromatic N) is 2. The normalized spacial score (nSPS) is 22.6. The fourth-order valence-electron chi connectivity index (χ4n) is 4.00. The van der Waals surface area contributed by atoms with Crippen molar-refractivity contribution in [1.29, 1.82) is 0 Å². The Morgan fingerprint density at radius 1 is 1.04 bits per heavy atom. The van der Waals surface area contributed by atoms with Crippen LogP contribution in [0.25, 0.3) is 0 Å². The third-order valence-electron chi connectivity index (χ3n) is 5.71. The Morgan fingerprint density at radius 3 is 2.04 bits per heavy atom. The van der Waals surface area contributed by atoms with Crippen LogP contribution in [0.1, 0.15) is 91.4 Å². The second-order valence-electron chi connectivity index (χ2n) is 7.53. The summed E-state index contributed by atoms with van der Waals surface area (Å²) in [7, 11) is 0. The Kier molecular flexibility index (Phi) is 10.3. The molecule has 0 saturated carbocycles. The molecular formula is C20H39N2O3+. The standard InChI is InChI=1S/C20H38N2O3/c1-4-5-6-7-8-9-10-11-12-13-14-19-21-15-16-22(19,18(3)23)17(2)20(24)25/h17-18,23H,4-16H2,1-3H3/p+1. The summed E-state index contributed by atoms with van der Waals surface area (Å²) in [5, 5.41) is 19.7. The lowest BCUT2D eigenvalue weighted by atomic mass is 10.0. The van der Waals surface area contributed by atoms with E-state index in [-0.39, 0.29) is 4.48 Å². The molecule has 2 N–H and O–H groups in total. The van der Waals surface area contributed by atoms with Crippen molar-refractivity contribution in [3.63, 3.8) is 0 Å². The van der Waals surface area contributed by atoms with Gasteiger partial charge >= 0.3 is 5.97 Å². The summed E-state index contributed by atoms with van der Waals surface area (Å²) >= 11 is 0. The fraction of sp³-hybridized carbons (Fsp3) is 0.900. The molecule has 0 bridgehead atoms. The maximum atomic E-state index is 11.5. The number of carboxylic acid groups (broad SMARTS) is 1. The van der Waals surface area contributed by atoms with Gasteiger partial charge in [0.2, 0.25) is 5.84 Å². The van der Waals surface area contributed by atoms with Crippen molar-refractivity contribution in [3.05, 3.63) is 0 Å². The molecule has 0 amide bonds. The van der Waals surface area contributed by atoms with Gasteiger partial charge < -0.3 is 10.2 Å². The minimum Gasteiger partial charge on any atom is -0.477 e. The highest BCUT2D eigenvalue weighted by molar-refractivity contribution is 5.81. The zero-order chi connectivity index (χ0) is 18.7. The van der Waals surface area contributed by atoms with Gasteiger partial charge in [0.15, 0.2) is 12.3 Å². The van der Waals surface area contributed by atoms with Gasteiger partial charge in [-0.2, -0.15) is 0 Å². The van der Waals surface area contributed by atoms with Gasteiger partial charge in [-0.1, -0.05) is 64.7 Å². The minimum atomic E-state index is -0.862. The van der Waals surface area contributed by atoms with Gasteiger partial charge in [-0.25, -0.2) is 14.3 Å². The van der Waals surface area contributed by atoms with Crippen LogP contribution in [-0.2, 0) is 4.79 Å². The van der Waals surface area contributed by atoms with Gasteiger partial charge in [0.25, 0.3) is 0 Å². The Morgan fingerprint density at radius 2 is 1.56 bits per heavy atom. The Bertz CT molecular complexity index is 423. The summed E-state index contributed by atoms with van der Waals surface area (Å²) in [5.74, 6) is 0.0167. The molecule has 1 aliphatic heterocycles. The molecule has 5 heteroatoms. The van der Waals surface area contributed by atoms with Crippen molar-refractivity contribution in [2.45, 2.75) is 104 Å². The summed E-state index contributed by atoms with van der Waals surface area (Å²) in [5.41, 5.74) is 0. The van der Waals surface area contributed by atoms with Crippen LogP contribution in [0.15, 0.2) is 4.99 Å². The number of aliphatic carboxylic acids is 1. The van der Waals surface area contributed by atoms with E-state index in [1.807, 2.05) is 0 Å². The number of amidine groups is 1. The zero-order valence-corrected chi connectivity index (χ0v) is 16.5. The van der Waals surface area contributed by atoms with Crippen molar-refractivity contribution in [2.24, 2.45) is 4.99 Å². The van der Waals surface area contributed by atoms with E-state index in [1.165, 1.54) is 51.4 Å². The second-order valence-corrected chi connectivity index (χ2v) is 7.53. The number of rotatable bonds is 14. The Hall–Kier alpha value is -0.940. The second kappa shape index (κ2) is 11.6. The first-order chi connectivity index (χ1) is 12.0. The predicted molar refractivity (Wildman–Crippen MR) is 103 cm³/mol. The molecule has 146 valence electrons. The first-order valence-electron chi connectivity index (χ1n) is 10.3. The lowest BCUT2D eigenvalue weighted by molar-refractivity contribution is -0.897. The van der Waals surface area contributed by atoms with E-state index in [4.69, 9.17) is 0 Å². The van der Waals surface area contributed by atoms with Gasteiger partial charge in [0, 0.05) is 13.3 Å². The maximum absolute atomic E-state index is 11.5. The van der Waals surface area contributed by atoms with E-state index in [0.717, 1.165) is 25.1 Å². The van der Waals surface area contributed by atoms with Crippen LogP contribution in [0, 0.1) is 0 Å². The van der Waals surface area contributed by atoms with Gasteiger partial charge in [-0.3, -0.25) is 0 Å². The van der Waals surface area contributed by atoms with Crippen LogP contribution in [0.3, 0.4) is 0 Å². The topological polar surface area (TPSA) is 69.9 Å². The molecule has 5 nitrogen and oxygen atoms in total. The SMILES string of the molecule is CCCCCCCCCCCCC1=NCC[N+]1(C(C)O)C(C)C(=O)O. The van der Waals surface area contributed by atoms with Crippen LogP contribution in [0.4, 0.5) is 0 Å². The van der Waals surface area contributed by atoms with Crippen LogP contribution in [-0.4, -0.2) is 51.9 Å².